The molecule has 0 heterocycles. The van der Waals surface area contributed by atoms with Crippen molar-refractivity contribution in [3.05, 3.63) is 24.3 Å². The number of rotatable bonds is 9. The summed E-state index contributed by atoms with van der Waals surface area (Å²) in [4.78, 5) is 0. The monoisotopic (exact) mass is 349 g/mol. The second-order valence-electron chi connectivity index (χ2n) is 4.36. The third-order valence-electron chi connectivity index (χ3n) is 2.91. The minimum absolute atomic E-state index is 0.0278. The fourth-order valence-corrected chi connectivity index (χ4v) is 4.91. The average molecular weight is 347 g/mol. The summed E-state index contributed by atoms with van der Waals surface area (Å²) >= 11 is 0.0278. The summed E-state index contributed by atoms with van der Waals surface area (Å²) in [6.07, 6.45) is 8.51. The number of hydrogen-bond donors (Lipinski definition) is 1. The van der Waals surface area contributed by atoms with Crippen LogP contribution in [0.2, 0.25) is 4.47 Å². The normalized spacial score (nSPS) is 10.5. The number of nitrogens with one attached hydrogen (secondary N) is 1. The Labute approximate surface area is 116 Å². The van der Waals surface area contributed by atoms with Gasteiger partial charge in [0, 0.05) is 0 Å². The van der Waals surface area contributed by atoms with Gasteiger partial charge in [0.05, 0.1) is 0 Å². The van der Waals surface area contributed by atoms with Gasteiger partial charge in [0.15, 0.2) is 0 Å². The van der Waals surface area contributed by atoms with Crippen molar-refractivity contribution < 1.29 is 0 Å². The fraction of sp³-hybridized carbons (Fsp3) is 0.600. The molecule has 0 saturated carbocycles. The van der Waals surface area contributed by atoms with Crippen molar-refractivity contribution in [2.45, 2.75) is 49.9 Å². The van der Waals surface area contributed by atoms with Gasteiger partial charge in [0.25, 0.3) is 0 Å². The number of hydrogen-bond acceptors (Lipinski definition) is 1. The molecule has 1 N–H and O–H groups in total. The van der Waals surface area contributed by atoms with Crippen LogP contribution in [0.4, 0.5) is 5.69 Å². The van der Waals surface area contributed by atoms with Crippen LogP contribution in [0.1, 0.15) is 45.4 Å². The molecule has 1 nitrogen and oxygen atoms in total. The molecule has 0 atom stereocenters. The first kappa shape index (κ1) is 14.9. The van der Waals surface area contributed by atoms with Crippen LogP contribution in [0.5, 0.6) is 0 Å². The molecule has 0 unspecified atom stereocenters. The van der Waals surface area contributed by atoms with E-state index in [9.17, 15) is 0 Å². The first-order valence-corrected chi connectivity index (χ1v) is 9.59. The number of benzene rings is 1. The zero-order chi connectivity index (χ0) is 12.3. The average Bonchev–Trinajstić information content (AvgIpc) is 2.38. The molecule has 0 fully saturated rings. The van der Waals surface area contributed by atoms with E-state index in [0.29, 0.717) is 0 Å². The Morgan fingerprint density at radius 2 is 1.71 bits per heavy atom. The molecule has 96 valence electrons. The van der Waals surface area contributed by atoms with Crippen LogP contribution >= 0.6 is 0 Å². The molecule has 17 heavy (non-hydrogen) atoms. The van der Waals surface area contributed by atoms with E-state index in [1.807, 2.05) is 7.05 Å². The Bertz CT molecular complexity index is 299. The van der Waals surface area contributed by atoms with Gasteiger partial charge >= 0.3 is 117 Å². The number of unbranched alkanes of at least 4 members (excludes halogenated alkanes) is 5. The molecule has 0 amide bonds. The summed E-state index contributed by atoms with van der Waals surface area (Å²) in [7, 11) is 2.02. The summed E-state index contributed by atoms with van der Waals surface area (Å²) in [6.45, 7) is 2.28. The first-order valence-electron chi connectivity index (χ1n) is 6.78. The number of anilines is 1. The van der Waals surface area contributed by atoms with Crippen LogP contribution in [0.15, 0.2) is 24.3 Å². The van der Waals surface area contributed by atoms with Gasteiger partial charge < -0.3 is 0 Å². The van der Waals surface area contributed by atoms with Crippen molar-refractivity contribution in [2.24, 2.45) is 0 Å². The summed E-state index contributed by atoms with van der Waals surface area (Å²) in [5.41, 5.74) is 1.35. The predicted molar refractivity (Wildman–Crippen MR) is 79.6 cm³/mol. The van der Waals surface area contributed by atoms with Crippen molar-refractivity contribution in [3.8, 4) is 0 Å². The number of para-hydroxylation sites is 1. The molecule has 0 aliphatic carbocycles. The Morgan fingerprint density at radius 1 is 1.00 bits per heavy atom. The summed E-state index contributed by atoms with van der Waals surface area (Å²) < 4.78 is 3.05. The Morgan fingerprint density at radius 3 is 2.47 bits per heavy atom. The SMILES string of the molecule is CCCCCCCC[Te]c1ccccc1NC. The second-order valence-corrected chi connectivity index (χ2v) is 7.61. The van der Waals surface area contributed by atoms with Crippen molar-refractivity contribution in [1.82, 2.24) is 0 Å². The van der Waals surface area contributed by atoms with E-state index in [1.54, 1.807) is 3.61 Å². The fourth-order valence-electron chi connectivity index (χ4n) is 1.86. The Hall–Kier alpha value is -0.190. The van der Waals surface area contributed by atoms with Gasteiger partial charge in [-0.25, -0.2) is 0 Å². The molecule has 0 aliphatic heterocycles. The zero-order valence-electron chi connectivity index (χ0n) is 11.2. The van der Waals surface area contributed by atoms with E-state index in [4.69, 9.17) is 0 Å². The van der Waals surface area contributed by atoms with Crippen molar-refractivity contribution >= 4 is 30.2 Å². The predicted octanol–water partition coefficient (Wildman–Crippen LogP) is 3.84. The van der Waals surface area contributed by atoms with E-state index in [-0.39, 0.29) is 20.9 Å². The Kier molecular flexibility index (Phi) is 8.57. The molecule has 0 radical (unpaired) electrons. The van der Waals surface area contributed by atoms with Crippen LogP contribution < -0.4 is 8.93 Å². The van der Waals surface area contributed by atoms with Crippen LogP contribution in [0.25, 0.3) is 0 Å². The van der Waals surface area contributed by atoms with E-state index in [2.05, 4.69) is 36.5 Å². The molecule has 0 aliphatic rings. The molecule has 0 saturated heterocycles. The zero-order valence-corrected chi connectivity index (χ0v) is 13.5. The molecule has 2 heteroatoms. The van der Waals surface area contributed by atoms with Gasteiger partial charge in [0.1, 0.15) is 0 Å². The van der Waals surface area contributed by atoms with Crippen molar-refractivity contribution in [1.29, 1.82) is 0 Å². The molecule has 1 aromatic rings. The van der Waals surface area contributed by atoms with E-state index < -0.39 is 0 Å². The van der Waals surface area contributed by atoms with Gasteiger partial charge in [-0.3, -0.25) is 0 Å². The van der Waals surface area contributed by atoms with Crippen LogP contribution in [0, 0.1) is 0 Å². The second kappa shape index (κ2) is 9.80. The Balaban J connectivity index is 2.13. The molecular weight excluding hydrogens is 322 g/mol. The van der Waals surface area contributed by atoms with E-state index in [1.165, 1.54) is 48.7 Å². The molecule has 0 spiro atoms. The first-order chi connectivity index (χ1) is 8.38. The van der Waals surface area contributed by atoms with Gasteiger partial charge in [-0.15, -0.1) is 0 Å². The quantitative estimate of drug-likeness (QED) is 0.529. The summed E-state index contributed by atoms with van der Waals surface area (Å²) in [5, 5.41) is 3.30. The molecule has 0 bridgehead atoms. The maximum absolute atomic E-state index is 3.30. The molecule has 1 rings (SSSR count). The van der Waals surface area contributed by atoms with Crippen molar-refractivity contribution in [3.63, 3.8) is 0 Å². The summed E-state index contributed by atoms with van der Waals surface area (Å²) in [6, 6.07) is 8.78. The van der Waals surface area contributed by atoms with E-state index in [0.717, 1.165) is 0 Å². The van der Waals surface area contributed by atoms with Crippen LogP contribution in [-0.4, -0.2) is 28.0 Å². The van der Waals surface area contributed by atoms with Gasteiger partial charge in [-0.05, 0) is 0 Å². The van der Waals surface area contributed by atoms with Gasteiger partial charge in [-0.1, -0.05) is 0 Å². The third-order valence-corrected chi connectivity index (χ3v) is 6.22. The maximum atomic E-state index is 3.30. The molecule has 0 aromatic heterocycles. The van der Waals surface area contributed by atoms with Crippen LogP contribution in [-0.2, 0) is 0 Å². The van der Waals surface area contributed by atoms with Gasteiger partial charge in [-0.2, -0.15) is 0 Å². The molecule has 1 aromatic carbocycles. The standard InChI is InChI=1S/C15H25NTe/c1-3-4-5-6-7-10-13-17-15-12-9-8-11-14(15)16-2/h8-9,11-12,16H,3-7,10,13H2,1-2H3. The van der Waals surface area contributed by atoms with Crippen molar-refractivity contribution in [2.75, 3.05) is 12.4 Å². The van der Waals surface area contributed by atoms with Crippen LogP contribution in [0.3, 0.4) is 0 Å². The van der Waals surface area contributed by atoms with Gasteiger partial charge in [0.2, 0.25) is 0 Å². The summed E-state index contributed by atoms with van der Waals surface area (Å²) in [5.74, 6) is 0. The molecular formula is C15H25NTe. The van der Waals surface area contributed by atoms with E-state index >= 15 is 0 Å². The topological polar surface area (TPSA) is 12.0 Å². The third kappa shape index (κ3) is 6.34. The minimum atomic E-state index is 0.0278.